The van der Waals surface area contributed by atoms with E-state index in [1.165, 1.54) is 21.6 Å². The van der Waals surface area contributed by atoms with E-state index >= 15 is 0 Å². The topological polar surface area (TPSA) is 90.7 Å². The molecule has 0 atom stereocenters. The van der Waals surface area contributed by atoms with Gasteiger partial charge in [-0.1, -0.05) is 32.0 Å². The second kappa shape index (κ2) is 11.5. The van der Waals surface area contributed by atoms with Crippen LogP contribution < -0.4 is 15.8 Å². The number of thiophene rings is 1. The van der Waals surface area contributed by atoms with Crippen molar-refractivity contribution in [1.82, 2.24) is 14.5 Å². The first-order valence-corrected chi connectivity index (χ1v) is 16.7. The number of aliphatic hydroxyl groups excluding tert-OH is 1. The predicted octanol–water partition coefficient (Wildman–Crippen LogP) is 5.88. The molecule has 7 rings (SSSR count). The molecule has 45 heavy (non-hydrogen) atoms. The largest absolute Gasteiger partial charge is 0.392 e. The fraction of sp³-hybridized carbons (Fsp3) is 0.417. The fourth-order valence-electron chi connectivity index (χ4n) is 7.40. The number of carbonyl (C=O) groups excluding carboxylic acids is 1. The van der Waals surface area contributed by atoms with Crippen molar-refractivity contribution < 1.29 is 9.90 Å². The quantitative estimate of drug-likeness (QED) is 0.279. The van der Waals surface area contributed by atoms with Gasteiger partial charge in [-0.3, -0.25) is 9.59 Å². The minimum Gasteiger partial charge on any atom is -0.392 e. The Hall–Kier alpha value is -3.79. The Morgan fingerprint density at radius 2 is 1.84 bits per heavy atom. The van der Waals surface area contributed by atoms with E-state index in [4.69, 9.17) is 0 Å². The van der Waals surface area contributed by atoms with Gasteiger partial charge in [-0.15, -0.1) is 11.3 Å². The molecule has 3 aromatic heterocycles. The van der Waals surface area contributed by atoms with Crippen LogP contribution in [-0.4, -0.2) is 52.1 Å². The zero-order valence-electron chi connectivity index (χ0n) is 26.5. The summed E-state index contributed by atoms with van der Waals surface area (Å²) in [7, 11) is 3.89. The van der Waals surface area contributed by atoms with Gasteiger partial charge in [0.15, 0.2) is 0 Å². The summed E-state index contributed by atoms with van der Waals surface area (Å²) in [6, 6.07) is 11.6. The molecule has 1 aromatic carbocycles. The number of piperidine rings is 1. The zero-order valence-corrected chi connectivity index (χ0v) is 27.3. The van der Waals surface area contributed by atoms with E-state index in [1.807, 2.05) is 41.4 Å². The summed E-state index contributed by atoms with van der Waals surface area (Å²) in [5.41, 5.74) is 7.28. The van der Waals surface area contributed by atoms with Crippen molar-refractivity contribution in [2.45, 2.75) is 58.5 Å². The van der Waals surface area contributed by atoms with Crippen molar-refractivity contribution in [3.05, 3.63) is 91.2 Å². The average molecular weight is 624 g/mol. The molecule has 0 unspecified atom stereocenters. The van der Waals surface area contributed by atoms with E-state index in [9.17, 15) is 14.7 Å². The Bertz CT molecular complexity index is 1830. The van der Waals surface area contributed by atoms with Crippen LogP contribution in [0.15, 0.2) is 53.6 Å². The lowest BCUT2D eigenvalue weighted by molar-refractivity contribution is 0.0984. The normalized spacial score (nSPS) is 18.2. The molecule has 0 spiro atoms. The second-order valence-corrected chi connectivity index (χ2v) is 14.8. The monoisotopic (exact) mass is 623 g/mol. The molecule has 234 valence electrons. The highest BCUT2D eigenvalue weighted by Gasteiger charge is 2.38. The molecular weight excluding hydrogens is 582 g/mol. The number of aromatic nitrogens is 2. The molecule has 0 bridgehead atoms. The molecule has 1 fully saturated rings. The maximum atomic E-state index is 13.9. The third-order valence-electron chi connectivity index (χ3n) is 9.85. The Morgan fingerprint density at radius 3 is 2.58 bits per heavy atom. The van der Waals surface area contributed by atoms with Gasteiger partial charge in [-0.05, 0) is 104 Å². The van der Waals surface area contributed by atoms with Crippen LogP contribution in [0.1, 0.15) is 69.4 Å². The Morgan fingerprint density at radius 1 is 1.04 bits per heavy atom. The first kappa shape index (κ1) is 29.9. The molecule has 1 saturated heterocycles. The number of rotatable bonds is 6. The van der Waals surface area contributed by atoms with E-state index < -0.39 is 0 Å². The van der Waals surface area contributed by atoms with Crippen LogP contribution in [0.2, 0.25) is 0 Å². The van der Waals surface area contributed by atoms with Gasteiger partial charge >= 0.3 is 0 Å². The highest BCUT2D eigenvalue weighted by Crippen LogP contribution is 2.46. The van der Waals surface area contributed by atoms with Gasteiger partial charge in [0.25, 0.3) is 11.5 Å². The molecular formula is C36H41N5O3S. The molecule has 2 aliphatic heterocycles. The highest BCUT2D eigenvalue weighted by molar-refractivity contribution is 7.14. The SMILES string of the molecule is CN1CCC(c2ccc(Nc3cc(-c4cccc(N5CCc6c(sc7c6CC(C)(C)C7)C5=O)c4CO)cn(C)c3=O)nc2)CC1. The molecule has 1 aliphatic carbocycles. The number of hydrogen-bond donors (Lipinski definition) is 2. The van der Waals surface area contributed by atoms with Crippen LogP contribution >= 0.6 is 11.3 Å². The summed E-state index contributed by atoms with van der Waals surface area (Å²) in [5.74, 6) is 1.13. The standard InChI is InChI=1S/C36H41N5O3S/c1-36(2)17-27-26-12-15-41(35(44)33(26)45-31(27)18-36)30-7-5-6-25(28(30)21-42)24-16-29(34(43)40(4)20-24)38-32-9-8-23(19-37-32)22-10-13-39(3)14-11-22/h5-9,16,19-20,22,42H,10-15,17-18,21H2,1-4H3,(H,37,38). The van der Waals surface area contributed by atoms with Crippen molar-refractivity contribution in [2.75, 3.05) is 36.9 Å². The molecule has 0 radical (unpaired) electrons. The molecule has 8 nitrogen and oxygen atoms in total. The lowest BCUT2D eigenvalue weighted by atomic mass is 9.89. The summed E-state index contributed by atoms with van der Waals surface area (Å²) >= 11 is 1.65. The lowest BCUT2D eigenvalue weighted by Gasteiger charge is -2.30. The first-order valence-electron chi connectivity index (χ1n) is 15.9. The van der Waals surface area contributed by atoms with Crippen molar-refractivity contribution in [3.63, 3.8) is 0 Å². The van der Waals surface area contributed by atoms with E-state index in [1.54, 1.807) is 29.1 Å². The number of carbonyl (C=O) groups is 1. The lowest BCUT2D eigenvalue weighted by Crippen LogP contribution is -2.37. The number of amides is 1. The summed E-state index contributed by atoms with van der Waals surface area (Å²) in [5, 5.41) is 13.9. The van der Waals surface area contributed by atoms with Gasteiger partial charge in [0, 0.05) is 42.0 Å². The summed E-state index contributed by atoms with van der Waals surface area (Å²) in [6.07, 6.45) is 8.81. The molecule has 1 amide bonds. The maximum Gasteiger partial charge on any atom is 0.274 e. The number of aryl methyl sites for hydroxylation is 1. The Balaban J connectivity index is 1.17. The number of pyridine rings is 2. The summed E-state index contributed by atoms with van der Waals surface area (Å²) in [4.78, 5) is 38.1. The number of nitrogens with zero attached hydrogens (tertiary/aromatic N) is 4. The van der Waals surface area contributed by atoms with Gasteiger partial charge in [0.1, 0.15) is 11.5 Å². The molecule has 2 N–H and O–H groups in total. The average Bonchev–Trinajstić information content (AvgIpc) is 3.52. The molecule has 0 saturated carbocycles. The highest BCUT2D eigenvalue weighted by atomic mass is 32.1. The van der Waals surface area contributed by atoms with Crippen molar-refractivity contribution in [3.8, 4) is 11.1 Å². The van der Waals surface area contributed by atoms with E-state index in [2.05, 4.69) is 42.2 Å². The number of aliphatic hydroxyl groups is 1. The smallest absolute Gasteiger partial charge is 0.274 e. The third-order valence-corrected chi connectivity index (χ3v) is 11.1. The number of nitrogens with one attached hydrogen (secondary N) is 1. The van der Waals surface area contributed by atoms with Crippen LogP contribution in [0.3, 0.4) is 0 Å². The molecule has 5 heterocycles. The molecule has 9 heteroatoms. The number of benzene rings is 1. The van der Waals surface area contributed by atoms with Gasteiger partial charge in [-0.2, -0.15) is 0 Å². The molecule has 3 aliphatic rings. The Labute approximate surface area is 268 Å². The van der Waals surface area contributed by atoms with Crippen molar-refractivity contribution >= 4 is 34.4 Å². The number of fused-ring (bicyclic) bond motifs is 3. The second-order valence-electron chi connectivity index (χ2n) is 13.7. The maximum absolute atomic E-state index is 13.9. The van der Waals surface area contributed by atoms with Crippen LogP contribution in [-0.2, 0) is 32.9 Å². The van der Waals surface area contributed by atoms with Crippen LogP contribution in [0.25, 0.3) is 11.1 Å². The summed E-state index contributed by atoms with van der Waals surface area (Å²) < 4.78 is 1.55. The predicted molar refractivity (Wildman–Crippen MR) is 181 cm³/mol. The van der Waals surface area contributed by atoms with Gasteiger partial charge in [0.2, 0.25) is 0 Å². The number of hydrogen-bond acceptors (Lipinski definition) is 7. The fourth-order valence-corrected chi connectivity index (χ4v) is 8.98. The van der Waals surface area contributed by atoms with Crippen LogP contribution in [0.4, 0.5) is 17.2 Å². The van der Waals surface area contributed by atoms with E-state index in [0.717, 1.165) is 61.2 Å². The van der Waals surface area contributed by atoms with Crippen molar-refractivity contribution in [1.29, 1.82) is 0 Å². The Kier molecular flexibility index (Phi) is 7.66. The van der Waals surface area contributed by atoms with Crippen LogP contribution in [0, 0.1) is 5.41 Å². The minimum absolute atomic E-state index is 0.0119. The third kappa shape index (κ3) is 5.51. The zero-order chi connectivity index (χ0) is 31.5. The van der Waals surface area contributed by atoms with Gasteiger partial charge in [-0.25, -0.2) is 4.98 Å². The molecule has 4 aromatic rings. The van der Waals surface area contributed by atoms with Gasteiger partial charge < -0.3 is 24.8 Å². The summed E-state index contributed by atoms with van der Waals surface area (Å²) in [6.45, 7) is 7.11. The minimum atomic E-state index is -0.233. The first-order chi connectivity index (χ1) is 21.6. The van der Waals surface area contributed by atoms with E-state index in [0.29, 0.717) is 35.2 Å². The van der Waals surface area contributed by atoms with Crippen molar-refractivity contribution in [2.24, 2.45) is 12.5 Å². The van der Waals surface area contributed by atoms with E-state index in [-0.39, 0.29) is 23.5 Å². The van der Waals surface area contributed by atoms with Crippen LogP contribution in [0.5, 0.6) is 0 Å². The number of likely N-dealkylation sites (tertiary alicyclic amines) is 1. The van der Waals surface area contributed by atoms with Gasteiger partial charge in [0.05, 0.1) is 17.2 Å². The number of anilines is 3.